The van der Waals surface area contributed by atoms with Crippen LogP contribution < -0.4 is 10.5 Å². The summed E-state index contributed by atoms with van der Waals surface area (Å²) in [7, 11) is 1.61. The SMILES string of the molecule is COc1cccnc1C(C)N.Cl. The number of hydrogen-bond acceptors (Lipinski definition) is 3. The standard InChI is InChI=1S/C8H12N2O.ClH/c1-6(9)8-7(11-2)4-3-5-10-8;/h3-6H,9H2,1-2H3;1H. The maximum absolute atomic E-state index is 5.65. The zero-order valence-electron chi connectivity index (χ0n) is 7.15. The highest BCUT2D eigenvalue weighted by Crippen LogP contribution is 2.19. The van der Waals surface area contributed by atoms with Crippen molar-refractivity contribution in [3.8, 4) is 5.75 Å². The lowest BCUT2D eigenvalue weighted by molar-refractivity contribution is 0.403. The van der Waals surface area contributed by atoms with Crippen molar-refractivity contribution in [2.24, 2.45) is 5.73 Å². The Hall–Kier alpha value is -0.800. The van der Waals surface area contributed by atoms with Crippen LogP contribution in [0, 0.1) is 0 Å². The molecular formula is C8H13ClN2O. The predicted molar refractivity (Wildman–Crippen MR) is 50.6 cm³/mol. The van der Waals surface area contributed by atoms with Gasteiger partial charge in [0.2, 0.25) is 0 Å². The smallest absolute Gasteiger partial charge is 0.141 e. The first-order valence-electron chi connectivity index (χ1n) is 3.50. The van der Waals surface area contributed by atoms with Crippen LogP contribution in [0.1, 0.15) is 18.7 Å². The minimum absolute atomic E-state index is 0. The third-order valence-electron chi connectivity index (χ3n) is 1.45. The van der Waals surface area contributed by atoms with E-state index in [1.807, 2.05) is 19.1 Å². The third-order valence-corrected chi connectivity index (χ3v) is 1.45. The van der Waals surface area contributed by atoms with E-state index in [0.717, 1.165) is 11.4 Å². The Labute approximate surface area is 78.4 Å². The first-order valence-corrected chi connectivity index (χ1v) is 3.50. The van der Waals surface area contributed by atoms with Gasteiger partial charge >= 0.3 is 0 Å². The molecule has 1 aromatic rings. The molecular weight excluding hydrogens is 176 g/mol. The zero-order chi connectivity index (χ0) is 8.27. The van der Waals surface area contributed by atoms with Gasteiger partial charge in [0.15, 0.2) is 0 Å². The number of methoxy groups -OCH3 is 1. The Bertz CT molecular complexity index is 240. The lowest BCUT2D eigenvalue weighted by Crippen LogP contribution is -2.08. The molecule has 1 rings (SSSR count). The summed E-state index contributed by atoms with van der Waals surface area (Å²) in [5.74, 6) is 0.752. The monoisotopic (exact) mass is 188 g/mol. The molecule has 0 aliphatic carbocycles. The molecule has 1 heterocycles. The average molecular weight is 189 g/mol. The van der Waals surface area contributed by atoms with Gasteiger partial charge in [-0.25, -0.2) is 0 Å². The van der Waals surface area contributed by atoms with Crippen molar-refractivity contribution < 1.29 is 4.74 Å². The van der Waals surface area contributed by atoms with E-state index < -0.39 is 0 Å². The Morgan fingerprint density at radius 3 is 2.67 bits per heavy atom. The summed E-state index contributed by atoms with van der Waals surface area (Å²) in [6.07, 6.45) is 1.71. The van der Waals surface area contributed by atoms with E-state index in [9.17, 15) is 0 Å². The molecule has 1 aromatic heterocycles. The maximum Gasteiger partial charge on any atom is 0.141 e. The molecule has 0 aromatic carbocycles. The van der Waals surface area contributed by atoms with Crippen LogP contribution in [0.25, 0.3) is 0 Å². The number of halogens is 1. The van der Waals surface area contributed by atoms with E-state index in [0.29, 0.717) is 0 Å². The highest BCUT2D eigenvalue weighted by atomic mass is 35.5. The van der Waals surface area contributed by atoms with Crippen LogP contribution in [0.5, 0.6) is 5.75 Å². The first-order chi connectivity index (χ1) is 5.25. The minimum Gasteiger partial charge on any atom is -0.495 e. The van der Waals surface area contributed by atoms with Crippen LogP contribution in [-0.4, -0.2) is 12.1 Å². The molecule has 1 atom stereocenters. The number of rotatable bonds is 2. The molecule has 0 aliphatic heterocycles. The van der Waals surface area contributed by atoms with Crippen molar-refractivity contribution in [3.05, 3.63) is 24.0 Å². The van der Waals surface area contributed by atoms with Crippen LogP contribution in [-0.2, 0) is 0 Å². The summed E-state index contributed by atoms with van der Waals surface area (Å²) in [5.41, 5.74) is 6.45. The molecule has 0 saturated heterocycles. The fourth-order valence-electron chi connectivity index (χ4n) is 0.917. The van der Waals surface area contributed by atoms with Crippen LogP contribution in [0.2, 0.25) is 0 Å². The molecule has 0 bridgehead atoms. The van der Waals surface area contributed by atoms with Crippen molar-refractivity contribution in [3.63, 3.8) is 0 Å². The van der Waals surface area contributed by atoms with Crippen molar-refractivity contribution >= 4 is 12.4 Å². The fraction of sp³-hybridized carbons (Fsp3) is 0.375. The van der Waals surface area contributed by atoms with Gasteiger partial charge in [-0.05, 0) is 19.1 Å². The zero-order valence-corrected chi connectivity index (χ0v) is 7.97. The normalized spacial score (nSPS) is 11.6. The Balaban J connectivity index is 0.00000121. The van der Waals surface area contributed by atoms with Gasteiger partial charge in [0.1, 0.15) is 5.75 Å². The number of aromatic nitrogens is 1. The highest BCUT2D eigenvalue weighted by molar-refractivity contribution is 5.85. The largest absolute Gasteiger partial charge is 0.495 e. The Morgan fingerprint density at radius 1 is 1.58 bits per heavy atom. The number of hydrogen-bond donors (Lipinski definition) is 1. The van der Waals surface area contributed by atoms with Gasteiger partial charge in [0.05, 0.1) is 12.8 Å². The molecule has 0 fully saturated rings. The van der Waals surface area contributed by atoms with Gasteiger partial charge in [-0.3, -0.25) is 4.98 Å². The van der Waals surface area contributed by atoms with Crippen molar-refractivity contribution in [1.29, 1.82) is 0 Å². The van der Waals surface area contributed by atoms with Crippen LogP contribution in [0.4, 0.5) is 0 Å². The van der Waals surface area contributed by atoms with Gasteiger partial charge in [0, 0.05) is 12.2 Å². The molecule has 0 aliphatic rings. The Kier molecular flexibility index (Phi) is 4.62. The minimum atomic E-state index is -0.0776. The molecule has 12 heavy (non-hydrogen) atoms. The van der Waals surface area contributed by atoms with Gasteiger partial charge in [-0.1, -0.05) is 0 Å². The van der Waals surface area contributed by atoms with E-state index in [-0.39, 0.29) is 18.4 Å². The second-order valence-electron chi connectivity index (χ2n) is 2.38. The molecule has 68 valence electrons. The number of nitrogens with zero attached hydrogens (tertiary/aromatic N) is 1. The second kappa shape index (κ2) is 4.95. The molecule has 0 radical (unpaired) electrons. The molecule has 1 unspecified atom stereocenters. The topological polar surface area (TPSA) is 48.1 Å². The molecule has 2 N–H and O–H groups in total. The number of ether oxygens (including phenoxy) is 1. The third kappa shape index (κ3) is 2.36. The van der Waals surface area contributed by atoms with Crippen molar-refractivity contribution in [2.45, 2.75) is 13.0 Å². The lowest BCUT2D eigenvalue weighted by Gasteiger charge is -2.08. The summed E-state index contributed by atoms with van der Waals surface area (Å²) >= 11 is 0. The van der Waals surface area contributed by atoms with E-state index in [2.05, 4.69) is 4.98 Å². The summed E-state index contributed by atoms with van der Waals surface area (Å²) in [6.45, 7) is 1.88. The Morgan fingerprint density at radius 2 is 2.25 bits per heavy atom. The molecule has 0 saturated carbocycles. The summed E-state index contributed by atoms with van der Waals surface area (Å²) in [5, 5.41) is 0. The van der Waals surface area contributed by atoms with Crippen molar-refractivity contribution in [2.75, 3.05) is 7.11 Å². The average Bonchev–Trinajstić information content (AvgIpc) is 2.04. The van der Waals surface area contributed by atoms with Gasteiger partial charge in [0.25, 0.3) is 0 Å². The molecule has 0 amide bonds. The second-order valence-corrected chi connectivity index (χ2v) is 2.38. The summed E-state index contributed by atoms with van der Waals surface area (Å²) < 4.78 is 5.06. The van der Waals surface area contributed by atoms with E-state index in [4.69, 9.17) is 10.5 Å². The predicted octanol–water partition coefficient (Wildman–Crippen LogP) is 1.53. The van der Waals surface area contributed by atoms with Gasteiger partial charge in [-0.2, -0.15) is 0 Å². The number of nitrogens with two attached hydrogens (primary N) is 1. The highest BCUT2D eigenvalue weighted by Gasteiger charge is 2.06. The maximum atomic E-state index is 5.65. The lowest BCUT2D eigenvalue weighted by atomic mass is 10.2. The van der Waals surface area contributed by atoms with Crippen LogP contribution >= 0.6 is 12.4 Å². The van der Waals surface area contributed by atoms with Gasteiger partial charge in [-0.15, -0.1) is 12.4 Å². The molecule has 0 spiro atoms. The number of pyridine rings is 1. The van der Waals surface area contributed by atoms with Gasteiger partial charge < -0.3 is 10.5 Å². The van der Waals surface area contributed by atoms with E-state index in [1.54, 1.807) is 13.3 Å². The first kappa shape index (κ1) is 11.2. The molecule has 3 nitrogen and oxygen atoms in total. The summed E-state index contributed by atoms with van der Waals surface area (Å²) in [6, 6.07) is 3.60. The summed E-state index contributed by atoms with van der Waals surface area (Å²) in [4.78, 5) is 4.10. The van der Waals surface area contributed by atoms with Crippen molar-refractivity contribution in [1.82, 2.24) is 4.98 Å². The quantitative estimate of drug-likeness (QED) is 0.766. The van der Waals surface area contributed by atoms with E-state index in [1.165, 1.54) is 0 Å². The van der Waals surface area contributed by atoms with Crippen LogP contribution in [0.3, 0.4) is 0 Å². The van der Waals surface area contributed by atoms with E-state index >= 15 is 0 Å². The van der Waals surface area contributed by atoms with Crippen LogP contribution in [0.15, 0.2) is 18.3 Å². The molecule has 4 heteroatoms. The fourth-order valence-corrected chi connectivity index (χ4v) is 0.917.